The maximum atomic E-state index is 12.7. The zero-order chi connectivity index (χ0) is 14.5. The number of hydrogen-bond acceptors (Lipinski definition) is 4. The second-order valence-electron chi connectivity index (χ2n) is 4.93. The van der Waals surface area contributed by atoms with Crippen LogP contribution < -0.4 is 5.32 Å². The van der Waals surface area contributed by atoms with Crippen molar-refractivity contribution < 1.29 is 9.90 Å². The lowest BCUT2D eigenvalue weighted by atomic mass is 10.2. The van der Waals surface area contributed by atoms with Crippen LogP contribution in [0, 0.1) is 0 Å². The van der Waals surface area contributed by atoms with Gasteiger partial charge in [0, 0.05) is 29.8 Å². The molecule has 1 aromatic heterocycles. The van der Waals surface area contributed by atoms with E-state index in [9.17, 15) is 4.79 Å². The standard InChI is InChI=1S/C14H20BrN3O2/c1-2-5-16-13-12(8-10(15)9-17-13)14(20)18(6-7-19)11-3-4-11/h8-9,11,19H,2-7H2,1H3,(H,16,17). The van der Waals surface area contributed by atoms with Crippen LogP contribution in [0.5, 0.6) is 0 Å². The van der Waals surface area contributed by atoms with Gasteiger partial charge in [-0.3, -0.25) is 4.79 Å². The quantitative estimate of drug-likeness (QED) is 0.798. The fraction of sp³-hybridized carbons (Fsp3) is 0.571. The first-order valence-electron chi connectivity index (χ1n) is 6.98. The summed E-state index contributed by atoms with van der Waals surface area (Å²) in [6.45, 7) is 3.21. The summed E-state index contributed by atoms with van der Waals surface area (Å²) < 4.78 is 0.780. The highest BCUT2D eigenvalue weighted by Gasteiger charge is 2.33. The lowest BCUT2D eigenvalue weighted by Crippen LogP contribution is -2.36. The number of halogens is 1. The largest absolute Gasteiger partial charge is 0.395 e. The van der Waals surface area contributed by atoms with Crippen LogP contribution >= 0.6 is 15.9 Å². The van der Waals surface area contributed by atoms with E-state index in [0.29, 0.717) is 17.9 Å². The van der Waals surface area contributed by atoms with Crippen molar-refractivity contribution in [2.75, 3.05) is 25.0 Å². The zero-order valence-electron chi connectivity index (χ0n) is 11.6. The summed E-state index contributed by atoms with van der Waals surface area (Å²) in [4.78, 5) is 18.7. The molecule has 110 valence electrons. The maximum absolute atomic E-state index is 12.7. The van der Waals surface area contributed by atoms with Gasteiger partial charge >= 0.3 is 0 Å². The Morgan fingerprint density at radius 3 is 2.95 bits per heavy atom. The van der Waals surface area contributed by atoms with E-state index < -0.39 is 0 Å². The number of aliphatic hydroxyl groups is 1. The molecule has 1 saturated carbocycles. The van der Waals surface area contributed by atoms with Gasteiger partial charge in [0.15, 0.2) is 0 Å². The number of carbonyl (C=O) groups excluding carboxylic acids is 1. The normalized spacial score (nSPS) is 14.2. The van der Waals surface area contributed by atoms with Crippen LogP contribution in [0.1, 0.15) is 36.5 Å². The Labute approximate surface area is 127 Å². The van der Waals surface area contributed by atoms with Gasteiger partial charge in [0.2, 0.25) is 0 Å². The maximum Gasteiger partial charge on any atom is 0.257 e. The third-order valence-corrected chi connectivity index (χ3v) is 3.65. The molecule has 0 bridgehead atoms. The topological polar surface area (TPSA) is 65.5 Å². The SMILES string of the molecule is CCCNc1ncc(Br)cc1C(=O)N(CCO)C1CC1. The molecule has 0 aliphatic heterocycles. The molecule has 1 aliphatic rings. The van der Waals surface area contributed by atoms with Crippen molar-refractivity contribution in [3.05, 3.63) is 22.3 Å². The van der Waals surface area contributed by atoms with E-state index in [0.717, 1.165) is 30.3 Å². The minimum atomic E-state index is -0.0612. The first-order valence-corrected chi connectivity index (χ1v) is 7.78. The molecule has 20 heavy (non-hydrogen) atoms. The number of carbonyl (C=O) groups is 1. The predicted molar refractivity (Wildman–Crippen MR) is 81.9 cm³/mol. The summed E-state index contributed by atoms with van der Waals surface area (Å²) in [5.74, 6) is 0.553. The smallest absolute Gasteiger partial charge is 0.257 e. The van der Waals surface area contributed by atoms with Gasteiger partial charge in [-0.15, -0.1) is 0 Å². The second-order valence-corrected chi connectivity index (χ2v) is 5.85. The first-order chi connectivity index (χ1) is 9.67. The summed E-state index contributed by atoms with van der Waals surface area (Å²) in [7, 11) is 0. The Bertz CT molecular complexity index is 477. The second kappa shape index (κ2) is 7.04. The Morgan fingerprint density at radius 2 is 2.35 bits per heavy atom. The number of hydrogen-bond donors (Lipinski definition) is 2. The highest BCUT2D eigenvalue weighted by Crippen LogP contribution is 2.29. The van der Waals surface area contributed by atoms with E-state index in [2.05, 4.69) is 33.2 Å². The molecule has 1 amide bonds. The molecule has 5 nitrogen and oxygen atoms in total. The highest BCUT2D eigenvalue weighted by atomic mass is 79.9. The van der Waals surface area contributed by atoms with Gasteiger partial charge in [0.05, 0.1) is 12.2 Å². The van der Waals surface area contributed by atoms with Crippen LogP contribution in [0.25, 0.3) is 0 Å². The van der Waals surface area contributed by atoms with Gasteiger partial charge in [-0.2, -0.15) is 0 Å². The molecule has 1 heterocycles. The van der Waals surface area contributed by atoms with Gasteiger partial charge in [-0.25, -0.2) is 4.98 Å². The lowest BCUT2D eigenvalue weighted by molar-refractivity contribution is 0.0708. The van der Waals surface area contributed by atoms with Gasteiger partial charge < -0.3 is 15.3 Å². The van der Waals surface area contributed by atoms with Crippen molar-refractivity contribution >= 4 is 27.7 Å². The van der Waals surface area contributed by atoms with E-state index in [1.807, 2.05) is 0 Å². The highest BCUT2D eigenvalue weighted by molar-refractivity contribution is 9.10. The minimum absolute atomic E-state index is 0.0125. The molecule has 0 unspecified atom stereocenters. The van der Waals surface area contributed by atoms with Gasteiger partial charge in [0.1, 0.15) is 5.82 Å². The number of nitrogens with one attached hydrogen (secondary N) is 1. The summed E-state index contributed by atoms with van der Waals surface area (Å²) in [6.07, 6.45) is 4.69. The molecule has 6 heteroatoms. The third-order valence-electron chi connectivity index (χ3n) is 3.22. The molecule has 2 rings (SSSR count). The molecule has 0 spiro atoms. The fourth-order valence-corrected chi connectivity index (χ4v) is 2.42. The lowest BCUT2D eigenvalue weighted by Gasteiger charge is -2.22. The van der Waals surface area contributed by atoms with Crippen LogP contribution in [0.3, 0.4) is 0 Å². The summed E-state index contributed by atoms with van der Waals surface area (Å²) in [6, 6.07) is 2.06. The number of pyridine rings is 1. The Hall–Kier alpha value is -1.14. The summed E-state index contributed by atoms with van der Waals surface area (Å²) in [5.41, 5.74) is 0.563. The fourth-order valence-electron chi connectivity index (χ4n) is 2.09. The Balaban J connectivity index is 2.23. The van der Waals surface area contributed by atoms with Crippen molar-refractivity contribution in [2.24, 2.45) is 0 Å². The van der Waals surface area contributed by atoms with E-state index in [1.54, 1.807) is 17.2 Å². The third kappa shape index (κ3) is 3.70. The van der Waals surface area contributed by atoms with Gasteiger partial charge in [-0.1, -0.05) is 6.92 Å². The Kier molecular flexibility index (Phi) is 5.37. The molecule has 0 atom stereocenters. The monoisotopic (exact) mass is 341 g/mol. The van der Waals surface area contributed by atoms with Gasteiger partial charge in [0.25, 0.3) is 5.91 Å². The number of nitrogens with zero attached hydrogens (tertiary/aromatic N) is 2. The van der Waals surface area contributed by atoms with Crippen LogP contribution in [0.2, 0.25) is 0 Å². The summed E-state index contributed by atoms with van der Waals surface area (Å²) >= 11 is 3.36. The zero-order valence-corrected chi connectivity index (χ0v) is 13.2. The minimum Gasteiger partial charge on any atom is -0.395 e. The van der Waals surface area contributed by atoms with Crippen molar-refractivity contribution in [3.63, 3.8) is 0 Å². The molecular weight excluding hydrogens is 322 g/mol. The number of aromatic nitrogens is 1. The van der Waals surface area contributed by atoms with Crippen molar-refractivity contribution in [2.45, 2.75) is 32.2 Å². The van der Waals surface area contributed by atoms with Crippen LogP contribution in [0.15, 0.2) is 16.7 Å². The molecule has 0 aromatic carbocycles. The first kappa shape index (κ1) is 15.3. The number of amides is 1. The number of rotatable bonds is 7. The number of aliphatic hydroxyl groups excluding tert-OH is 1. The molecule has 2 N–H and O–H groups in total. The molecular formula is C14H20BrN3O2. The van der Waals surface area contributed by atoms with E-state index in [-0.39, 0.29) is 18.6 Å². The molecule has 0 radical (unpaired) electrons. The molecule has 1 aliphatic carbocycles. The predicted octanol–water partition coefficient (Wildman–Crippen LogP) is 2.26. The Morgan fingerprint density at radius 1 is 1.60 bits per heavy atom. The van der Waals surface area contributed by atoms with Crippen LogP contribution in [-0.4, -0.2) is 46.6 Å². The molecule has 1 fully saturated rings. The van der Waals surface area contributed by atoms with Crippen molar-refractivity contribution in [1.82, 2.24) is 9.88 Å². The van der Waals surface area contributed by atoms with E-state index in [4.69, 9.17) is 5.11 Å². The molecule has 0 saturated heterocycles. The van der Waals surface area contributed by atoms with E-state index >= 15 is 0 Å². The molecule has 1 aromatic rings. The van der Waals surface area contributed by atoms with Crippen LogP contribution in [-0.2, 0) is 0 Å². The average Bonchev–Trinajstić information content (AvgIpc) is 3.27. The van der Waals surface area contributed by atoms with Gasteiger partial charge in [-0.05, 0) is 41.3 Å². The summed E-state index contributed by atoms with van der Waals surface area (Å²) in [5, 5.41) is 12.3. The average molecular weight is 342 g/mol. The van der Waals surface area contributed by atoms with Crippen molar-refractivity contribution in [3.8, 4) is 0 Å². The van der Waals surface area contributed by atoms with E-state index in [1.165, 1.54) is 0 Å². The van der Waals surface area contributed by atoms with Crippen molar-refractivity contribution in [1.29, 1.82) is 0 Å². The number of anilines is 1. The van der Waals surface area contributed by atoms with Crippen LogP contribution in [0.4, 0.5) is 5.82 Å².